The van der Waals surface area contributed by atoms with Gasteiger partial charge in [0.05, 0.1) is 6.61 Å². The molecule has 0 heterocycles. The Morgan fingerprint density at radius 2 is 0.435 bits per heavy atom. The van der Waals surface area contributed by atoms with E-state index in [2.05, 4.69) is 50.3 Å². The molecule has 0 amide bonds. The zero-order valence-electron chi connectivity index (χ0n) is 62.9. The molecule has 0 radical (unpaired) electrons. The molecule has 0 spiro atoms. The highest BCUT2D eigenvalue weighted by Gasteiger charge is 2.16. The van der Waals surface area contributed by atoms with Gasteiger partial charge in [0.2, 0.25) is 0 Å². The first-order chi connectivity index (χ1) is 45.6. The zero-order chi connectivity index (χ0) is 66.1. The van der Waals surface area contributed by atoms with Crippen molar-refractivity contribution in [3.05, 3.63) is 36.5 Å². The molecule has 1 atom stereocenters. The summed E-state index contributed by atoms with van der Waals surface area (Å²) in [4.78, 5) is 24.7. The Morgan fingerprint density at radius 3 is 0.652 bits per heavy atom. The maximum Gasteiger partial charge on any atom is 0.306 e. The van der Waals surface area contributed by atoms with Crippen molar-refractivity contribution in [3.8, 4) is 0 Å². The Labute approximate surface area is 577 Å². The fourth-order valence-corrected chi connectivity index (χ4v) is 13.6. The minimum atomic E-state index is -0.769. The van der Waals surface area contributed by atoms with Gasteiger partial charge >= 0.3 is 11.9 Å². The van der Waals surface area contributed by atoms with Crippen molar-refractivity contribution in [2.75, 3.05) is 13.2 Å². The summed E-state index contributed by atoms with van der Waals surface area (Å²) >= 11 is 0. The third kappa shape index (κ3) is 80.6. The molecule has 0 aromatic carbocycles. The van der Waals surface area contributed by atoms with Gasteiger partial charge < -0.3 is 14.6 Å². The van der Waals surface area contributed by atoms with E-state index in [1.807, 2.05) is 0 Å². The standard InChI is InChI=1S/C87H166O5/c1-3-5-7-9-11-13-15-17-19-21-23-25-27-29-31-33-35-37-39-41-42-43-44-46-48-50-52-54-56-58-60-62-64-66-68-70-72-74-76-78-80-82-87(90)92-85(83-88)84-91-86(89)81-79-77-75-73-71-69-67-65-63-61-59-57-55-53-51-49-47-45-40-38-36-34-32-30-28-26-24-22-20-18-16-14-12-10-8-6-4-2/h15,17,21,23,27,29,85,88H,3-14,16,18-20,22,24-26,28,30-84H2,1-2H3/b17-15-,23-21-,29-27-. The predicted octanol–water partition coefficient (Wildman–Crippen LogP) is 30.0. The highest BCUT2D eigenvalue weighted by Crippen LogP contribution is 2.21. The number of carbonyl (C=O) groups excluding carboxylic acids is 2. The van der Waals surface area contributed by atoms with Gasteiger partial charge in [0.25, 0.3) is 0 Å². The zero-order valence-corrected chi connectivity index (χ0v) is 62.9. The van der Waals surface area contributed by atoms with Crippen molar-refractivity contribution >= 4 is 11.9 Å². The molecule has 5 heteroatoms. The Kier molecular flexibility index (Phi) is 81.6. The lowest BCUT2D eigenvalue weighted by molar-refractivity contribution is -0.161. The molecular formula is C87H166O5. The summed E-state index contributed by atoms with van der Waals surface area (Å²) in [7, 11) is 0. The van der Waals surface area contributed by atoms with Crippen LogP contribution in [-0.4, -0.2) is 36.4 Å². The third-order valence-electron chi connectivity index (χ3n) is 19.9. The molecule has 0 rings (SSSR count). The van der Waals surface area contributed by atoms with Crippen LogP contribution in [0.25, 0.3) is 0 Å². The molecule has 0 saturated carbocycles. The van der Waals surface area contributed by atoms with E-state index in [4.69, 9.17) is 9.47 Å². The van der Waals surface area contributed by atoms with E-state index >= 15 is 0 Å². The maximum atomic E-state index is 12.4. The lowest BCUT2D eigenvalue weighted by atomic mass is 10.0. The van der Waals surface area contributed by atoms with Crippen LogP contribution in [0.3, 0.4) is 0 Å². The lowest BCUT2D eigenvalue weighted by Crippen LogP contribution is -2.28. The molecular weight excluding hydrogens is 1120 g/mol. The summed E-state index contributed by atoms with van der Waals surface area (Å²) in [5, 5.41) is 9.74. The first kappa shape index (κ1) is 90.1. The van der Waals surface area contributed by atoms with Crippen LogP contribution in [0.1, 0.15) is 489 Å². The van der Waals surface area contributed by atoms with E-state index in [1.54, 1.807) is 0 Å². The number of esters is 2. The summed E-state index contributed by atoms with van der Waals surface area (Å²) in [6, 6.07) is 0. The summed E-state index contributed by atoms with van der Waals surface area (Å²) in [6.45, 7) is 4.21. The molecule has 0 aliphatic carbocycles. The fraction of sp³-hybridized carbons (Fsp3) is 0.908. The second-order valence-electron chi connectivity index (χ2n) is 29.3. The molecule has 0 aromatic heterocycles. The fourth-order valence-electron chi connectivity index (χ4n) is 13.6. The van der Waals surface area contributed by atoms with Crippen LogP contribution in [-0.2, 0) is 19.1 Å². The van der Waals surface area contributed by atoms with Crippen molar-refractivity contribution in [1.82, 2.24) is 0 Å². The van der Waals surface area contributed by atoms with Crippen LogP contribution in [0.4, 0.5) is 0 Å². The van der Waals surface area contributed by atoms with E-state index in [1.165, 1.54) is 417 Å². The Morgan fingerprint density at radius 1 is 0.250 bits per heavy atom. The number of rotatable bonds is 81. The molecule has 0 aromatic rings. The van der Waals surface area contributed by atoms with Crippen molar-refractivity contribution < 1.29 is 24.2 Å². The molecule has 544 valence electrons. The summed E-state index contributed by atoms with van der Waals surface area (Å²) in [6.07, 6.45) is 113. The number of hydrogen-bond donors (Lipinski definition) is 1. The number of allylic oxidation sites excluding steroid dienone is 6. The first-order valence-corrected chi connectivity index (χ1v) is 42.5. The first-order valence-electron chi connectivity index (χ1n) is 42.5. The summed E-state index contributed by atoms with van der Waals surface area (Å²) in [5.74, 6) is -0.559. The number of aliphatic hydroxyl groups excluding tert-OH is 1. The van der Waals surface area contributed by atoms with Crippen LogP contribution in [0.5, 0.6) is 0 Å². The van der Waals surface area contributed by atoms with Crippen LogP contribution in [0.2, 0.25) is 0 Å². The highest BCUT2D eigenvalue weighted by molar-refractivity contribution is 5.70. The summed E-state index contributed by atoms with van der Waals surface area (Å²) < 4.78 is 10.8. The Bertz CT molecular complexity index is 1470. The number of ether oxygens (including phenoxy) is 2. The molecule has 0 aliphatic heterocycles. The van der Waals surface area contributed by atoms with Gasteiger partial charge in [-0.1, -0.05) is 461 Å². The highest BCUT2D eigenvalue weighted by atomic mass is 16.6. The van der Waals surface area contributed by atoms with E-state index in [9.17, 15) is 14.7 Å². The molecule has 0 bridgehead atoms. The van der Waals surface area contributed by atoms with Gasteiger partial charge in [0.1, 0.15) is 6.61 Å². The number of carbonyl (C=O) groups is 2. The number of unbranched alkanes of at least 4 members (excludes halogenated alkanes) is 67. The van der Waals surface area contributed by atoms with Crippen molar-refractivity contribution in [3.63, 3.8) is 0 Å². The largest absolute Gasteiger partial charge is 0.462 e. The van der Waals surface area contributed by atoms with Gasteiger partial charge in [-0.05, 0) is 51.4 Å². The van der Waals surface area contributed by atoms with Crippen LogP contribution >= 0.6 is 0 Å². The van der Waals surface area contributed by atoms with Gasteiger partial charge in [0, 0.05) is 12.8 Å². The van der Waals surface area contributed by atoms with E-state index in [0.29, 0.717) is 12.8 Å². The van der Waals surface area contributed by atoms with Crippen LogP contribution in [0.15, 0.2) is 36.5 Å². The number of aliphatic hydroxyl groups is 1. The van der Waals surface area contributed by atoms with Crippen molar-refractivity contribution in [2.24, 2.45) is 0 Å². The topological polar surface area (TPSA) is 72.8 Å². The maximum absolute atomic E-state index is 12.4. The van der Waals surface area contributed by atoms with Crippen LogP contribution < -0.4 is 0 Å². The molecule has 0 fully saturated rings. The van der Waals surface area contributed by atoms with Gasteiger partial charge in [0.15, 0.2) is 6.10 Å². The quantitative estimate of drug-likeness (QED) is 0.0373. The predicted molar refractivity (Wildman–Crippen MR) is 408 cm³/mol. The average Bonchev–Trinajstić information content (AvgIpc) is 3.64. The molecule has 0 aliphatic rings. The van der Waals surface area contributed by atoms with Crippen molar-refractivity contribution in [1.29, 1.82) is 0 Å². The summed E-state index contributed by atoms with van der Waals surface area (Å²) in [5.41, 5.74) is 0. The van der Waals surface area contributed by atoms with E-state index in [-0.39, 0.29) is 25.2 Å². The van der Waals surface area contributed by atoms with E-state index in [0.717, 1.165) is 44.9 Å². The Hall–Kier alpha value is -1.88. The second kappa shape index (κ2) is 83.3. The van der Waals surface area contributed by atoms with Gasteiger partial charge in [-0.3, -0.25) is 9.59 Å². The second-order valence-corrected chi connectivity index (χ2v) is 29.3. The molecule has 92 heavy (non-hydrogen) atoms. The van der Waals surface area contributed by atoms with E-state index < -0.39 is 6.10 Å². The lowest BCUT2D eigenvalue weighted by Gasteiger charge is -2.15. The third-order valence-corrected chi connectivity index (χ3v) is 19.9. The minimum Gasteiger partial charge on any atom is -0.462 e. The SMILES string of the molecule is CCCCCCC/C=C\C/C=C\C/C=C\CCCCCCCCCCCCCCCCCCCCCCCCCCCCC(=O)OC(CO)COC(=O)CCCCCCCCCCCCCCCCCCCCCCCCCCCCCCCCCCCCCCC. The molecule has 1 unspecified atom stereocenters. The Balaban J connectivity index is 3.34. The molecule has 1 N–H and O–H groups in total. The monoisotopic (exact) mass is 1290 g/mol. The smallest absolute Gasteiger partial charge is 0.306 e. The van der Waals surface area contributed by atoms with Crippen LogP contribution in [0, 0.1) is 0 Å². The van der Waals surface area contributed by atoms with Gasteiger partial charge in [-0.25, -0.2) is 0 Å². The average molecular weight is 1290 g/mol. The van der Waals surface area contributed by atoms with Crippen molar-refractivity contribution in [2.45, 2.75) is 495 Å². The molecule has 5 nitrogen and oxygen atoms in total. The van der Waals surface area contributed by atoms with Gasteiger partial charge in [-0.2, -0.15) is 0 Å². The molecule has 0 saturated heterocycles. The normalized spacial score (nSPS) is 12.2. The number of hydrogen-bond acceptors (Lipinski definition) is 5. The minimum absolute atomic E-state index is 0.0573. The van der Waals surface area contributed by atoms with Gasteiger partial charge in [-0.15, -0.1) is 0 Å².